The Morgan fingerprint density at radius 1 is 0.556 bits per heavy atom. The Morgan fingerprint density at radius 2 is 0.981 bits per heavy atom. The van der Waals surface area contributed by atoms with Gasteiger partial charge in [-0.3, -0.25) is 18.6 Å². The van der Waals surface area contributed by atoms with Crippen molar-refractivity contribution in [2.24, 2.45) is 0 Å². The van der Waals surface area contributed by atoms with Crippen LogP contribution >= 0.6 is 7.82 Å². The number of likely N-dealkylation sites (N-methyl/N-ethyl adjacent to an activating group) is 1. The Labute approximate surface area is 332 Å². The largest absolute Gasteiger partial charge is 0.472 e. The number of rotatable bonds is 40. The third-order valence-corrected chi connectivity index (χ3v) is 10.5. The third kappa shape index (κ3) is 40.2. The highest BCUT2D eigenvalue weighted by molar-refractivity contribution is 7.47. The van der Waals surface area contributed by atoms with Gasteiger partial charge >= 0.3 is 19.8 Å². The summed E-state index contributed by atoms with van der Waals surface area (Å²) in [5.74, 6) is -0.877. The minimum atomic E-state index is -4.38. The molecule has 2 atom stereocenters. The van der Waals surface area contributed by atoms with Gasteiger partial charge < -0.3 is 18.9 Å². The van der Waals surface area contributed by atoms with Gasteiger partial charge in [0.05, 0.1) is 27.7 Å². The van der Waals surface area contributed by atoms with Crippen LogP contribution < -0.4 is 0 Å². The molecule has 0 heterocycles. The molecule has 10 heteroatoms. The van der Waals surface area contributed by atoms with E-state index in [1.54, 1.807) is 0 Å². The zero-order valence-electron chi connectivity index (χ0n) is 35.7. The van der Waals surface area contributed by atoms with Crippen LogP contribution in [0.1, 0.15) is 194 Å². The van der Waals surface area contributed by atoms with E-state index in [-0.39, 0.29) is 26.1 Å². The molecule has 0 aromatic rings. The Morgan fingerprint density at radius 3 is 1.44 bits per heavy atom. The van der Waals surface area contributed by atoms with Crippen LogP contribution in [0, 0.1) is 0 Å². The lowest BCUT2D eigenvalue weighted by Crippen LogP contribution is -2.37. The normalized spacial score (nSPS) is 13.8. The summed E-state index contributed by atoms with van der Waals surface area (Å²) in [6, 6.07) is 0. The van der Waals surface area contributed by atoms with Gasteiger partial charge in [-0.05, 0) is 51.4 Å². The fraction of sp³-hybridized carbons (Fsp3) is 0.864. The van der Waals surface area contributed by atoms with Crippen molar-refractivity contribution in [2.75, 3.05) is 47.5 Å². The molecule has 0 aliphatic heterocycles. The van der Waals surface area contributed by atoms with Gasteiger partial charge in [0.2, 0.25) is 0 Å². The first-order valence-electron chi connectivity index (χ1n) is 22.1. The number of carbonyl (C=O) groups excluding carboxylic acids is 2. The minimum absolute atomic E-state index is 0.0249. The number of allylic oxidation sites excluding steroid dienone is 4. The lowest BCUT2D eigenvalue weighted by Gasteiger charge is -2.24. The van der Waals surface area contributed by atoms with E-state index in [1.807, 2.05) is 27.2 Å². The van der Waals surface area contributed by atoms with Gasteiger partial charge in [-0.15, -0.1) is 0 Å². The topological polar surface area (TPSA) is 108 Å². The average molecular weight is 787 g/mol. The molecule has 0 rings (SSSR count). The number of hydrogen-bond donors (Lipinski definition) is 1. The smallest absolute Gasteiger partial charge is 0.462 e. The molecule has 0 aromatic carbocycles. The molecule has 0 amide bonds. The van der Waals surface area contributed by atoms with Gasteiger partial charge in [0.25, 0.3) is 0 Å². The molecule has 0 fully saturated rings. The van der Waals surface area contributed by atoms with Crippen LogP contribution in [-0.4, -0.2) is 74.9 Å². The minimum Gasteiger partial charge on any atom is -0.462 e. The van der Waals surface area contributed by atoms with Crippen molar-refractivity contribution in [3.8, 4) is 0 Å². The Balaban J connectivity index is 4.42. The molecule has 9 nitrogen and oxygen atoms in total. The maximum atomic E-state index is 12.7. The first-order chi connectivity index (χ1) is 26.0. The van der Waals surface area contributed by atoms with E-state index in [9.17, 15) is 19.0 Å². The van der Waals surface area contributed by atoms with Crippen molar-refractivity contribution in [3.05, 3.63) is 24.3 Å². The van der Waals surface area contributed by atoms with E-state index in [1.165, 1.54) is 122 Å². The Kier molecular flexibility index (Phi) is 36.1. The second-order valence-electron chi connectivity index (χ2n) is 16.1. The molecule has 0 aromatic heterocycles. The maximum absolute atomic E-state index is 12.7. The number of carbonyl (C=O) groups is 2. The number of nitrogens with zero attached hydrogens (tertiary/aromatic N) is 1. The van der Waals surface area contributed by atoms with Crippen LogP contribution in [0.25, 0.3) is 0 Å². The average Bonchev–Trinajstić information content (AvgIpc) is 3.12. The molecule has 318 valence electrons. The van der Waals surface area contributed by atoms with Crippen LogP contribution in [-0.2, 0) is 32.7 Å². The molecule has 1 unspecified atom stereocenters. The maximum Gasteiger partial charge on any atom is 0.472 e. The lowest BCUT2D eigenvalue weighted by molar-refractivity contribution is -0.870. The van der Waals surface area contributed by atoms with Crippen molar-refractivity contribution in [1.29, 1.82) is 0 Å². The quantitative estimate of drug-likeness (QED) is 0.0215. The van der Waals surface area contributed by atoms with Crippen molar-refractivity contribution < 1.29 is 42.1 Å². The molecular formula is C44H85NO8P+. The summed E-state index contributed by atoms with van der Waals surface area (Å²) in [7, 11) is 1.45. The summed E-state index contributed by atoms with van der Waals surface area (Å²) < 4.78 is 34.2. The summed E-state index contributed by atoms with van der Waals surface area (Å²) in [6.07, 6.45) is 39.5. The molecule has 54 heavy (non-hydrogen) atoms. The Bertz CT molecular complexity index is 980. The third-order valence-electron chi connectivity index (χ3n) is 9.47. The summed E-state index contributed by atoms with van der Waals surface area (Å²) in [6.45, 7) is 4.37. The fourth-order valence-electron chi connectivity index (χ4n) is 5.97. The lowest BCUT2D eigenvalue weighted by atomic mass is 10.1. The highest BCUT2D eigenvalue weighted by atomic mass is 31.2. The van der Waals surface area contributed by atoms with E-state index in [0.717, 1.165) is 32.1 Å². The molecule has 0 bridgehead atoms. The predicted molar refractivity (Wildman–Crippen MR) is 224 cm³/mol. The Hall–Kier alpha value is -1.51. The molecule has 0 saturated carbocycles. The molecular weight excluding hydrogens is 701 g/mol. The van der Waals surface area contributed by atoms with Crippen molar-refractivity contribution >= 4 is 19.8 Å². The number of esters is 2. The molecule has 0 aliphatic carbocycles. The summed E-state index contributed by atoms with van der Waals surface area (Å²) in [5, 5.41) is 0. The van der Waals surface area contributed by atoms with Crippen molar-refractivity contribution in [3.63, 3.8) is 0 Å². The zero-order valence-corrected chi connectivity index (χ0v) is 36.6. The van der Waals surface area contributed by atoms with Crippen LogP contribution in [0.3, 0.4) is 0 Å². The van der Waals surface area contributed by atoms with E-state index >= 15 is 0 Å². The van der Waals surface area contributed by atoms with E-state index in [0.29, 0.717) is 23.9 Å². The SMILES string of the molecule is CCCCCCCCCCC/C=C/CCCCC(=O)O[C@H](COC(=O)CC/C=C/CCCCCCCCCCCCC)COP(=O)(O)OCC[N+](C)(C)C. The van der Waals surface area contributed by atoms with Crippen LogP contribution in [0.5, 0.6) is 0 Å². The fourth-order valence-corrected chi connectivity index (χ4v) is 6.71. The van der Waals surface area contributed by atoms with Gasteiger partial charge in [-0.25, -0.2) is 4.57 Å². The zero-order chi connectivity index (χ0) is 40.0. The van der Waals surface area contributed by atoms with Gasteiger partial charge in [-0.1, -0.05) is 154 Å². The number of unbranched alkanes of at least 4 members (excludes halogenated alkanes) is 22. The molecule has 1 N–H and O–H groups in total. The number of phosphoric ester groups is 1. The second-order valence-corrected chi connectivity index (χ2v) is 17.5. The van der Waals surface area contributed by atoms with Crippen LogP contribution in [0.15, 0.2) is 24.3 Å². The molecule has 0 saturated heterocycles. The molecule has 0 spiro atoms. The summed E-state index contributed by atoms with van der Waals surface area (Å²) in [5.41, 5.74) is 0. The van der Waals surface area contributed by atoms with E-state index in [2.05, 4.69) is 32.1 Å². The summed E-state index contributed by atoms with van der Waals surface area (Å²) >= 11 is 0. The van der Waals surface area contributed by atoms with Crippen molar-refractivity contribution in [1.82, 2.24) is 0 Å². The van der Waals surface area contributed by atoms with Gasteiger partial charge in [0.15, 0.2) is 6.10 Å². The number of ether oxygens (including phenoxy) is 2. The highest BCUT2D eigenvalue weighted by Crippen LogP contribution is 2.43. The van der Waals surface area contributed by atoms with Gasteiger partial charge in [0.1, 0.15) is 19.8 Å². The first kappa shape index (κ1) is 52.5. The first-order valence-corrected chi connectivity index (χ1v) is 23.6. The number of hydrogen-bond acceptors (Lipinski definition) is 7. The molecule has 0 radical (unpaired) electrons. The standard InChI is InChI=1S/C44H84NO8P/c1-6-8-10-12-14-16-18-20-22-24-26-28-30-32-34-36-43(46)50-40-42(41-52-54(48,49)51-39-38-45(3,4)5)53-44(47)37-35-33-31-29-27-25-23-21-19-17-15-13-11-9-7-2/h27,29-30,32,42H,6-26,28,31,33-41H2,1-5H3/p+1/b29-27+,32-30+/t42-/m1/s1. The van der Waals surface area contributed by atoms with Gasteiger partial charge in [-0.2, -0.15) is 0 Å². The monoisotopic (exact) mass is 787 g/mol. The molecule has 0 aliphatic rings. The number of phosphoric acid groups is 1. The van der Waals surface area contributed by atoms with Crippen molar-refractivity contribution in [2.45, 2.75) is 200 Å². The highest BCUT2D eigenvalue weighted by Gasteiger charge is 2.27. The van der Waals surface area contributed by atoms with E-state index < -0.39 is 32.5 Å². The number of quaternary nitrogens is 1. The predicted octanol–water partition coefficient (Wildman–Crippen LogP) is 12.4. The second kappa shape index (κ2) is 37.1. The van der Waals surface area contributed by atoms with E-state index in [4.69, 9.17) is 18.5 Å². The van der Waals surface area contributed by atoms with Gasteiger partial charge in [0, 0.05) is 12.8 Å². The summed E-state index contributed by atoms with van der Waals surface area (Å²) in [4.78, 5) is 35.3. The van der Waals surface area contributed by atoms with Crippen LogP contribution in [0.4, 0.5) is 0 Å². The van der Waals surface area contributed by atoms with Crippen LogP contribution in [0.2, 0.25) is 0 Å².